The van der Waals surface area contributed by atoms with Gasteiger partial charge < -0.3 is 5.32 Å². The molecule has 1 amide bonds. The van der Waals surface area contributed by atoms with Crippen molar-refractivity contribution in [2.24, 2.45) is 5.92 Å². The van der Waals surface area contributed by atoms with Crippen molar-refractivity contribution in [3.63, 3.8) is 0 Å². The summed E-state index contributed by atoms with van der Waals surface area (Å²) in [7, 11) is -3.78. The Hall–Kier alpha value is -3.02. The third-order valence-electron chi connectivity index (χ3n) is 5.01. The van der Waals surface area contributed by atoms with Crippen LogP contribution in [-0.4, -0.2) is 37.5 Å². The lowest BCUT2D eigenvalue weighted by Crippen LogP contribution is -2.41. The van der Waals surface area contributed by atoms with Crippen molar-refractivity contribution in [2.45, 2.75) is 24.7 Å². The van der Waals surface area contributed by atoms with E-state index in [1.165, 1.54) is 23.4 Å². The summed E-state index contributed by atoms with van der Waals surface area (Å²) in [4.78, 5) is 23.8. The standard InChI is InChI=1S/C21H21N3O4S/c1-15(25)16-6-8-19(9-7-16)23-21(26)17-10-12-24(13-11-17)29(27,28)20-5-3-2-4-18(20)14-22/h2-9,17H,10-13H2,1H3,(H,23,26). The topological polar surface area (TPSA) is 107 Å². The summed E-state index contributed by atoms with van der Waals surface area (Å²) in [6, 6.07) is 14.7. The molecule has 150 valence electrons. The molecule has 1 saturated heterocycles. The third-order valence-corrected chi connectivity index (χ3v) is 6.97. The molecule has 29 heavy (non-hydrogen) atoms. The molecule has 0 bridgehead atoms. The van der Waals surface area contributed by atoms with E-state index in [2.05, 4.69) is 5.32 Å². The van der Waals surface area contributed by atoms with Crippen molar-refractivity contribution in [1.29, 1.82) is 5.26 Å². The fourth-order valence-corrected chi connectivity index (χ4v) is 4.93. The molecular weight excluding hydrogens is 390 g/mol. The SMILES string of the molecule is CC(=O)c1ccc(NC(=O)C2CCN(S(=O)(=O)c3ccccc3C#N)CC2)cc1. The summed E-state index contributed by atoms with van der Waals surface area (Å²) in [6.45, 7) is 1.90. The molecule has 1 heterocycles. The van der Waals surface area contributed by atoms with Gasteiger partial charge in [0, 0.05) is 30.3 Å². The number of benzene rings is 2. The zero-order valence-corrected chi connectivity index (χ0v) is 16.8. The van der Waals surface area contributed by atoms with Gasteiger partial charge in [-0.15, -0.1) is 0 Å². The van der Waals surface area contributed by atoms with Gasteiger partial charge in [-0.25, -0.2) is 8.42 Å². The molecule has 2 aromatic rings. The molecule has 0 aromatic heterocycles. The fraction of sp³-hybridized carbons (Fsp3) is 0.286. The molecule has 1 fully saturated rings. The van der Waals surface area contributed by atoms with Gasteiger partial charge in [-0.3, -0.25) is 9.59 Å². The maximum absolute atomic E-state index is 12.9. The lowest BCUT2D eigenvalue weighted by molar-refractivity contribution is -0.120. The van der Waals surface area contributed by atoms with Gasteiger partial charge in [0.1, 0.15) is 6.07 Å². The van der Waals surface area contributed by atoms with Gasteiger partial charge in [0.15, 0.2) is 5.78 Å². The first-order valence-electron chi connectivity index (χ1n) is 9.24. The predicted molar refractivity (Wildman–Crippen MR) is 108 cm³/mol. The average Bonchev–Trinajstić information content (AvgIpc) is 2.74. The second-order valence-corrected chi connectivity index (χ2v) is 8.82. The van der Waals surface area contributed by atoms with Crippen molar-refractivity contribution < 1.29 is 18.0 Å². The molecular formula is C21H21N3O4S. The molecule has 0 unspecified atom stereocenters. The summed E-state index contributed by atoms with van der Waals surface area (Å²) in [5, 5.41) is 12.0. The quantitative estimate of drug-likeness (QED) is 0.761. The zero-order chi connectivity index (χ0) is 21.0. The Labute approximate surface area is 170 Å². The molecule has 0 radical (unpaired) electrons. The number of Topliss-reactive ketones (excluding diaryl/α,β-unsaturated/α-hetero) is 1. The molecule has 0 spiro atoms. The summed E-state index contributed by atoms with van der Waals surface area (Å²) in [6.07, 6.45) is 0.788. The Bertz CT molecular complexity index is 1060. The second-order valence-electron chi connectivity index (χ2n) is 6.91. The van der Waals surface area contributed by atoms with Crippen molar-refractivity contribution in [3.05, 3.63) is 59.7 Å². The highest BCUT2D eigenvalue weighted by Crippen LogP contribution is 2.26. The van der Waals surface area contributed by atoms with Gasteiger partial charge >= 0.3 is 0 Å². The van der Waals surface area contributed by atoms with Crippen LogP contribution in [0.25, 0.3) is 0 Å². The van der Waals surface area contributed by atoms with Crippen molar-refractivity contribution in [2.75, 3.05) is 18.4 Å². The summed E-state index contributed by atoms with van der Waals surface area (Å²) < 4.78 is 27.1. The van der Waals surface area contributed by atoms with E-state index >= 15 is 0 Å². The number of nitriles is 1. The number of nitrogens with one attached hydrogen (secondary N) is 1. The van der Waals surface area contributed by atoms with E-state index in [9.17, 15) is 23.3 Å². The Morgan fingerprint density at radius 1 is 1.07 bits per heavy atom. The van der Waals surface area contributed by atoms with Crippen LogP contribution in [0.3, 0.4) is 0 Å². The van der Waals surface area contributed by atoms with Gasteiger partial charge in [-0.2, -0.15) is 9.57 Å². The number of nitrogens with zero attached hydrogens (tertiary/aromatic N) is 2. The van der Waals surface area contributed by atoms with Gasteiger partial charge in [0.05, 0.1) is 10.5 Å². The van der Waals surface area contributed by atoms with E-state index in [1.807, 2.05) is 6.07 Å². The van der Waals surface area contributed by atoms with Crippen LogP contribution in [0.2, 0.25) is 0 Å². The van der Waals surface area contributed by atoms with Crippen molar-refractivity contribution >= 4 is 27.4 Å². The first kappa shape index (κ1) is 20.7. The van der Waals surface area contributed by atoms with Crippen LogP contribution in [0.15, 0.2) is 53.4 Å². The molecule has 2 aromatic carbocycles. The minimum Gasteiger partial charge on any atom is -0.326 e. The van der Waals surface area contributed by atoms with Gasteiger partial charge in [-0.05, 0) is 56.2 Å². The van der Waals surface area contributed by atoms with Crippen LogP contribution in [0, 0.1) is 17.2 Å². The highest BCUT2D eigenvalue weighted by molar-refractivity contribution is 7.89. The largest absolute Gasteiger partial charge is 0.326 e. The third kappa shape index (κ3) is 4.53. The van der Waals surface area contributed by atoms with Crippen molar-refractivity contribution in [1.82, 2.24) is 4.31 Å². The van der Waals surface area contributed by atoms with Crippen LogP contribution in [0.4, 0.5) is 5.69 Å². The average molecular weight is 411 g/mol. The number of ketones is 1. The molecule has 1 aliphatic heterocycles. The van der Waals surface area contributed by atoms with Crippen LogP contribution >= 0.6 is 0 Å². The number of amides is 1. The number of carbonyl (C=O) groups is 2. The predicted octanol–water partition coefficient (Wildman–Crippen LogP) is 2.80. The maximum Gasteiger partial charge on any atom is 0.244 e. The van der Waals surface area contributed by atoms with Crippen LogP contribution in [0.1, 0.15) is 35.7 Å². The normalized spacial score (nSPS) is 15.4. The molecule has 0 saturated carbocycles. The van der Waals surface area contributed by atoms with Crippen LogP contribution < -0.4 is 5.32 Å². The number of carbonyl (C=O) groups excluding carboxylic acids is 2. The maximum atomic E-state index is 12.9. The number of hydrogen-bond acceptors (Lipinski definition) is 5. The van der Waals surface area contributed by atoms with E-state index in [-0.39, 0.29) is 41.2 Å². The van der Waals surface area contributed by atoms with Gasteiger partial charge in [0.25, 0.3) is 0 Å². The number of sulfonamides is 1. The second kappa shape index (κ2) is 8.55. The monoisotopic (exact) mass is 411 g/mol. The minimum atomic E-state index is -3.78. The highest BCUT2D eigenvalue weighted by Gasteiger charge is 2.33. The molecule has 0 atom stereocenters. The Kier molecular flexibility index (Phi) is 6.11. The fourth-order valence-electron chi connectivity index (χ4n) is 3.31. The van der Waals surface area contributed by atoms with Crippen LogP contribution in [-0.2, 0) is 14.8 Å². The molecule has 8 heteroatoms. The number of piperidine rings is 1. The van der Waals surface area contributed by atoms with E-state index < -0.39 is 10.0 Å². The van der Waals surface area contributed by atoms with E-state index in [0.29, 0.717) is 24.1 Å². The lowest BCUT2D eigenvalue weighted by atomic mass is 9.97. The highest BCUT2D eigenvalue weighted by atomic mass is 32.2. The molecule has 1 N–H and O–H groups in total. The Morgan fingerprint density at radius 3 is 2.28 bits per heavy atom. The molecule has 3 rings (SSSR count). The van der Waals surface area contributed by atoms with E-state index in [4.69, 9.17) is 0 Å². The van der Waals surface area contributed by atoms with Gasteiger partial charge in [0.2, 0.25) is 15.9 Å². The lowest BCUT2D eigenvalue weighted by Gasteiger charge is -2.30. The molecule has 1 aliphatic rings. The molecule has 0 aliphatic carbocycles. The number of hydrogen-bond donors (Lipinski definition) is 1. The van der Waals surface area contributed by atoms with Gasteiger partial charge in [-0.1, -0.05) is 12.1 Å². The van der Waals surface area contributed by atoms with Crippen LogP contribution in [0.5, 0.6) is 0 Å². The van der Waals surface area contributed by atoms with E-state index in [0.717, 1.165) is 0 Å². The summed E-state index contributed by atoms with van der Waals surface area (Å²) in [5.74, 6) is -0.523. The first-order chi connectivity index (χ1) is 13.8. The number of rotatable bonds is 5. The summed E-state index contributed by atoms with van der Waals surface area (Å²) >= 11 is 0. The summed E-state index contributed by atoms with van der Waals surface area (Å²) in [5.41, 5.74) is 1.28. The minimum absolute atomic E-state index is 0.00374. The van der Waals surface area contributed by atoms with Crippen molar-refractivity contribution in [3.8, 4) is 6.07 Å². The Morgan fingerprint density at radius 2 is 1.69 bits per heavy atom. The number of anilines is 1. The van der Waals surface area contributed by atoms with E-state index in [1.54, 1.807) is 36.4 Å². The Balaban J connectivity index is 1.63. The molecule has 7 nitrogen and oxygen atoms in total. The smallest absolute Gasteiger partial charge is 0.244 e. The zero-order valence-electron chi connectivity index (χ0n) is 16.0. The first-order valence-corrected chi connectivity index (χ1v) is 10.7.